The van der Waals surface area contributed by atoms with E-state index in [0.717, 1.165) is 47.3 Å². The van der Waals surface area contributed by atoms with Gasteiger partial charge in [-0.2, -0.15) is 0 Å². The Kier molecular flexibility index (Phi) is 5.35. The number of hydrogen-bond acceptors (Lipinski definition) is 7. The minimum absolute atomic E-state index is 0.200. The van der Waals surface area contributed by atoms with Crippen molar-refractivity contribution in [3.8, 4) is 11.4 Å². The van der Waals surface area contributed by atoms with E-state index < -0.39 is 0 Å². The Morgan fingerprint density at radius 2 is 2.07 bits per heavy atom. The number of halogens is 2. The molecule has 6 nitrogen and oxygen atoms in total. The van der Waals surface area contributed by atoms with Crippen LogP contribution in [0.25, 0.3) is 32.6 Å². The van der Waals surface area contributed by atoms with E-state index in [2.05, 4.69) is 31.5 Å². The van der Waals surface area contributed by atoms with E-state index in [-0.39, 0.29) is 18.0 Å². The van der Waals surface area contributed by atoms with Crippen LogP contribution in [0.2, 0.25) is 0 Å². The monoisotopic (exact) mass is 541 g/mol. The number of aromatic nitrogens is 4. The number of fused-ring (bicyclic) bond motifs is 2. The van der Waals surface area contributed by atoms with E-state index in [1.165, 1.54) is 21.4 Å². The minimum Gasteiger partial charge on any atom is -0.393 e. The number of aliphatic hydroxyl groups excluding tert-OH is 1. The van der Waals surface area contributed by atoms with E-state index in [9.17, 15) is 9.50 Å². The highest BCUT2D eigenvalue weighted by atomic mass is 127. The van der Waals surface area contributed by atoms with E-state index in [1.807, 2.05) is 21.6 Å². The van der Waals surface area contributed by atoms with Crippen molar-refractivity contribution in [3.63, 3.8) is 0 Å². The third-order valence-electron chi connectivity index (χ3n) is 5.26. The molecule has 0 spiro atoms. The zero-order valence-corrected chi connectivity index (χ0v) is 19.0. The lowest BCUT2D eigenvalue weighted by Crippen LogP contribution is -2.28. The highest BCUT2D eigenvalue weighted by Gasteiger charge is 2.22. The van der Waals surface area contributed by atoms with Crippen LogP contribution in [0.15, 0.2) is 29.9 Å². The van der Waals surface area contributed by atoms with Gasteiger partial charge in [-0.1, -0.05) is 0 Å². The lowest BCUT2D eigenvalue weighted by Gasteiger charge is -2.26. The summed E-state index contributed by atoms with van der Waals surface area (Å²) in [7, 11) is 1.47. The summed E-state index contributed by atoms with van der Waals surface area (Å²) in [5.41, 5.74) is 1.44. The van der Waals surface area contributed by atoms with Gasteiger partial charge < -0.3 is 10.4 Å². The predicted molar refractivity (Wildman–Crippen MR) is 125 cm³/mol. The molecule has 1 aliphatic carbocycles. The molecule has 4 aromatic heterocycles. The van der Waals surface area contributed by atoms with Gasteiger partial charge in [0, 0.05) is 53.5 Å². The third-order valence-corrected chi connectivity index (χ3v) is 7.76. The van der Waals surface area contributed by atoms with Crippen molar-refractivity contribution in [2.75, 3.05) is 5.32 Å². The number of pyridine rings is 1. The molecule has 4 heterocycles. The summed E-state index contributed by atoms with van der Waals surface area (Å²) in [6.07, 6.45) is 6.35. The van der Waals surface area contributed by atoms with Crippen LogP contribution in [-0.4, -0.2) is 36.2 Å². The second-order valence-corrected chi connectivity index (χ2v) is 9.75. The number of hydrogen-bond donors (Lipinski definition) is 2. The van der Waals surface area contributed by atoms with Crippen LogP contribution in [0.5, 0.6) is 0 Å². The second kappa shape index (κ2) is 7.97. The molecule has 0 atom stereocenters. The van der Waals surface area contributed by atoms with Crippen molar-refractivity contribution in [2.45, 2.75) is 37.8 Å². The fourth-order valence-corrected chi connectivity index (χ4v) is 5.80. The van der Waals surface area contributed by atoms with Crippen LogP contribution >= 0.6 is 41.7 Å². The van der Waals surface area contributed by atoms with E-state index in [1.54, 1.807) is 11.3 Å². The summed E-state index contributed by atoms with van der Waals surface area (Å²) in [6, 6.07) is 3.78. The molecule has 1 fully saturated rings. The molecule has 29 heavy (non-hydrogen) atoms. The maximum absolute atomic E-state index is 13.9. The third kappa shape index (κ3) is 3.71. The van der Waals surface area contributed by atoms with Crippen molar-refractivity contribution in [3.05, 3.63) is 35.7 Å². The Hall–Kier alpha value is -1.50. The molecule has 2 N–H and O–H groups in total. The molecule has 1 saturated carbocycles. The minimum atomic E-state index is -0.383. The fourth-order valence-electron chi connectivity index (χ4n) is 3.78. The quantitative estimate of drug-likeness (QED) is 0.337. The first-order chi connectivity index (χ1) is 14.1. The molecule has 0 aliphatic heterocycles. The van der Waals surface area contributed by atoms with Crippen molar-refractivity contribution < 1.29 is 9.50 Å². The molecule has 1 aliphatic rings. The molecule has 0 saturated heterocycles. The smallest absolute Gasteiger partial charge is 0.165 e. The van der Waals surface area contributed by atoms with Crippen LogP contribution in [0.4, 0.5) is 10.2 Å². The maximum atomic E-state index is 13.9. The summed E-state index contributed by atoms with van der Waals surface area (Å²) >= 11 is 3.73. The summed E-state index contributed by atoms with van der Waals surface area (Å²) in [6.45, 7) is 0. The Morgan fingerprint density at radius 3 is 2.86 bits per heavy atom. The van der Waals surface area contributed by atoms with Crippen LogP contribution in [0.1, 0.15) is 25.7 Å². The number of thiophene rings is 1. The molecular formula is C19H17FIN5OS2. The fraction of sp³-hybridized carbons (Fsp3) is 0.316. The Morgan fingerprint density at radius 1 is 1.24 bits per heavy atom. The molecule has 0 unspecified atom stereocenters. The second-order valence-electron chi connectivity index (χ2n) is 7.15. The predicted octanol–water partition coefficient (Wildman–Crippen LogP) is 5.41. The molecule has 0 amide bonds. The molecule has 5 rings (SSSR count). The van der Waals surface area contributed by atoms with Crippen molar-refractivity contribution in [2.24, 2.45) is 0 Å². The van der Waals surface area contributed by atoms with Gasteiger partial charge in [-0.15, -0.1) is 11.3 Å². The first-order valence-electron chi connectivity index (χ1n) is 9.28. The molecule has 0 aromatic carbocycles. The van der Waals surface area contributed by atoms with E-state index in [0.29, 0.717) is 16.9 Å². The van der Waals surface area contributed by atoms with Crippen LogP contribution in [0, 0.1) is 5.82 Å². The van der Waals surface area contributed by atoms with Gasteiger partial charge >= 0.3 is 0 Å². The normalized spacial score (nSPS) is 19.8. The topological polar surface area (TPSA) is 75.9 Å². The highest BCUT2D eigenvalue weighted by molar-refractivity contribution is 14.2. The zero-order chi connectivity index (χ0) is 20.0. The van der Waals surface area contributed by atoms with E-state index in [4.69, 9.17) is 9.97 Å². The summed E-state index contributed by atoms with van der Waals surface area (Å²) in [5, 5.41) is 17.0. The largest absolute Gasteiger partial charge is 0.393 e. The van der Waals surface area contributed by atoms with Crippen molar-refractivity contribution in [1.29, 1.82) is 0 Å². The highest BCUT2D eigenvalue weighted by Crippen LogP contribution is 2.36. The average molecular weight is 541 g/mol. The number of anilines is 1. The van der Waals surface area contributed by atoms with Gasteiger partial charge in [-0.05, 0) is 43.2 Å². The molecular weight excluding hydrogens is 524 g/mol. The molecule has 0 bridgehead atoms. The Bertz CT molecular complexity index is 1190. The van der Waals surface area contributed by atoms with Gasteiger partial charge in [-0.3, -0.25) is 3.97 Å². The first-order valence-corrected chi connectivity index (χ1v) is 13.5. The lowest BCUT2D eigenvalue weighted by atomic mass is 9.93. The zero-order valence-electron chi connectivity index (χ0n) is 15.2. The molecule has 150 valence electrons. The van der Waals surface area contributed by atoms with Crippen LogP contribution in [-0.2, 0) is 0 Å². The Labute approximate surface area is 186 Å². The van der Waals surface area contributed by atoms with Gasteiger partial charge in [0.15, 0.2) is 11.5 Å². The summed E-state index contributed by atoms with van der Waals surface area (Å²) in [5.74, 6) is 0.964. The van der Waals surface area contributed by atoms with Gasteiger partial charge in [0.2, 0.25) is 0 Å². The first kappa shape index (κ1) is 19.5. The summed E-state index contributed by atoms with van der Waals surface area (Å²) < 4.78 is 15.8. The molecule has 0 radical (unpaired) electrons. The standard InChI is InChI=1S/C19H17FIN5OS2/c20-10-7-14-15(9-26(29-21)18(14)22-8-10)17-24-16(13-5-6-28-19(13)25-17)23-11-1-3-12(27)4-2-11/h5-9,11-12,27H,1-4H2,(H,23,24,25). The van der Waals surface area contributed by atoms with Crippen LogP contribution in [0.3, 0.4) is 0 Å². The van der Waals surface area contributed by atoms with Crippen molar-refractivity contribution >= 4 is 68.7 Å². The number of rotatable bonds is 4. The molecule has 4 aromatic rings. The number of nitrogens with one attached hydrogen (secondary N) is 1. The average Bonchev–Trinajstić information content (AvgIpc) is 3.33. The van der Waals surface area contributed by atoms with Crippen LogP contribution < -0.4 is 5.32 Å². The van der Waals surface area contributed by atoms with E-state index >= 15 is 0 Å². The lowest BCUT2D eigenvalue weighted by molar-refractivity contribution is 0.126. The molecule has 10 heteroatoms. The van der Waals surface area contributed by atoms with Gasteiger partial charge in [0.05, 0.1) is 17.7 Å². The maximum Gasteiger partial charge on any atom is 0.165 e. The summed E-state index contributed by atoms with van der Waals surface area (Å²) in [4.78, 5) is 14.7. The van der Waals surface area contributed by atoms with Gasteiger partial charge in [-0.25, -0.2) is 19.3 Å². The SMILES string of the molecule is OC1CCC(Nc2nc(-c3cn(SI)c4ncc(F)cc34)nc3sccc23)CC1. The van der Waals surface area contributed by atoms with Gasteiger partial charge in [0.1, 0.15) is 16.5 Å². The number of nitrogens with zero attached hydrogens (tertiary/aromatic N) is 4. The number of aliphatic hydroxyl groups is 1. The Balaban J connectivity index is 1.61. The van der Waals surface area contributed by atoms with Crippen molar-refractivity contribution in [1.82, 2.24) is 18.9 Å². The van der Waals surface area contributed by atoms with Gasteiger partial charge in [0.25, 0.3) is 0 Å².